The predicted molar refractivity (Wildman–Crippen MR) is 56.9 cm³/mol. The normalized spacial score (nSPS) is 9.77. The Bertz CT molecular complexity index is 347. The minimum atomic E-state index is -0.506. The molecule has 0 fully saturated rings. The smallest absolute Gasteiger partial charge is 0.341 e. The topological polar surface area (TPSA) is 46.5 Å². The second-order valence-corrected chi connectivity index (χ2v) is 3.74. The lowest BCUT2D eigenvalue weighted by molar-refractivity contribution is 0.0596. The number of halogens is 1. The Morgan fingerprint density at radius 3 is 2.69 bits per heavy atom. The summed E-state index contributed by atoms with van der Waals surface area (Å²) in [5, 5.41) is 9.57. The first-order chi connectivity index (χ1) is 6.07. The molecule has 0 aromatic heterocycles. The lowest BCUT2D eigenvalue weighted by Gasteiger charge is -2.07. The standard InChI is InChI=1S/C9H9IO3/c1-5-3-4-6(10)8(11)7(5)9(12)13-2/h3-4,11H,1-2H3. The number of phenols is 1. The molecule has 1 aromatic rings. The van der Waals surface area contributed by atoms with Crippen molar-refractivity contribution in [2.24, 2.45) is 0 Å². The van der Waals surface area contributed by atoms with E-state index < -0.39 is 5.97 Å². The van der Waals surface area contributed by atoms with Crippen LogP contribution in [0, 0.1) is 10.5 Å². The quantitative estimate of drug-likeness (QED) is 0.637. The average Bonchev–Trinajstić information content (AvgIpc) is 2.12. The summed E-state index contributed by atoms with van der Waals surface area (Å²) in [5.41, 5.74) is 0.958. The molecule has 70 valence electrons. The Kier molecular flexibility index (Phi) is 3.13. The molecule has 1 rings (SSSR count). The van der Waals surface area contributed by atoms with Gasteiger partial charge in [-0.05, 0) is 41.1 Å². The van der Waals surface area contributed by atoms with Crippen molar-refractivity contribution in [1.82, 2.24) is 0 Å². The fourth-order valence-corrected chi connectivity index (χ4v) is 1.48. The number of aromatic hydroxyl groups is 1. The summed E-state index contributed by atoms with van der Waals surface area (Å²) in [6.07, 6.45) is 0. The summed E-state index contributed by atoms with van der Waals surface area (Å²) in [6.45, 7) is 1.75. The molecule has 0 atom stereocenters. The first-order valence-electron chi connectivity index (χ1n) is 3.64. The number of ether oxygens (including phenoxy) is 1. The van der Waals surface area contributed by atoms with E-state index in [0.717, 1.165) is 0 Å². The zero-order valence-corrected chi connectivity index (χ0v) is 9.45. The Morgan fingerprint density at radius 2 is 2.15 bits per heavy atom. The molecule has 0 saturated heterocycles. The van der Waals surface area contributed by atoms with Crippen LogP contribution in [0.3, 0.4) is 0 Å². The monoisotopic (exact) mass is 292 g/mol. The molecule has 13 heavy (non-hydrogen) atoms. The van der Waals surface area contributed by atoms with E-state index in [4.69, 9.17) is 0 Å². The Morgan fingerprint density at radius 1 is 1.54 bits per heavy atom. The van der Waals surface area contributed by atoms with Crippen molar-refractivity contribution in [1.29, 1.82) is 0 Å². The molecule has 0 unspecified atom stereocenters. The number of hydrogen-bond donors (Lipinski definition) is 1. The Hall–Kier alpha value is -0.780. The van der Waals surface area contributed by atoms with E-state index in [0.29, 0.717) is 9.13 Å². The third kappa shape index (κ3) is 1.93. The van der Waals surface area contributed by atoms with Gasteiger partial charge in [0.15, 0.2) is 0 Å². The molecule has 1 N–H and O–H groups in total. The molecule has 0 heterocycles. The maximum Gasteiger partial charge on any atom is 0.341 e. The van der Waals surface area contributed by atoms with Crippen molar-refractivity contribution in [2.75, 3.05) is 7.11 Å². The molecule has 0 aliphatic carbocycles. The molecule has 0 bridgehead atoms. The zero-order valence-electron chi connectivity index (χ0n) is 7.30. The van der Waals surface area contributed by atoms with Gasteiger partial charge in [0, 0.05) is 0 Å². The molecule has 0 spiro atoms. The molecule has 4 heteroatoms. The van der Waals surface area contributed by atoms with E-state index in [1.54, 1.807) is 19.1 Å². The molecule has 0 radical (unpaired) electrons. The molecule has 0 saturated carbocycles. The van der Waals surface area contributed by atoms with Gasteiger partial charge >= 0.3 is 5.97 Å². The molecule has 0 aliphatic rings. The molecule has 1 aromatic carbocycles. The zero-order chi connectivity index (χ0) is 10.0. The number of benzene rings is 1. The molecule has 0 aliphatic heterocycles. The van der Waals surface area contributed by atoms with Gasteiger partial charge < -0.3 is 9.84 Å². The number of rotatable bonds is 1. The highest BCUT2D eigenvalue weighted by Gasteiger charge is 2.16. The average molecular weight is 292 g/mol. The number of carbonyl (C=O) groups excluding carboxylic acids is 1. The Labute approximate surface area is 89.9 Å². The van der Waals surface area contributed by atoms with Gasteiger partial charge in [-0.3, -0.25) is 0 Å². The third-order valence-electron chi connectivity index (χ3n) is 1.73. The van der Waals surface area contributed by atoms with Crippen molar-refractivity contribution in [3.05, 3.63) is 26.8 Å². The van der Waals surface area contributed by atoms with Crippen LogP contribution in [0.1, 0.15) is 15.9 Å². The van der Waals surface area contributed by atoms with E-state index in [1.165, 1.54) is 7.11 Å². The van der Waals surface area contributed by atoms with E-state index in [2.05, 4.69) is 4.74 Å². The fourth-order valence-electron chi connectivity index (χ4n) is 1.03. The summed E-state index contributed by atoms with van der Waals surface area (Å²) >= 11 is 1.96. The summed E-state index contributed by atoms with van der Waals surface area (Å²) in [4.78, 5) is 11.2. The number of phenolic OH excluding ortho intramolecular Hbond substituents is 1. The van der Waals surface area contributed by atoms with Crippen molar-refractivity contribution < 1.29 is 14.6 Å². The van der Waals surface area contributed by atoms with Crippen LogP contribution in [0.2, 0.25) is 0 Å². The van der Waals surface area contributed by atoms with Gasteiger partial charge in [0.25, 0.3) is 0 Å². The molecule has 0 amide bonds. The second-order valence-electron chi connectivity index (χ2n) is 2.58. The highest BCUT2D eigenvalue weighted by Crippen LogP contribution is 2.27. The third-order valence-corrected chi connectivity index (χ3v) is 2.60. The fraction of sp³-hybridized carbons (Fsp3) is 0.222. The van der Waals surface area contributed by atoms with Crippen LogP contribution < -0.4 is 0 Å². The lowest BCUT2D eigenvalue weighted by Crippen LogP contribution is -2.04. The van der Waals surface area contributed by atoms with Gasteiger partial charge in [-0.1, -0.05) is 6.07 Å². The molecular formula is C9H9IO3. The molecule has 3 nitrogen and oxygen atoms in total. The first kappa shape index (κ1) is 10.3. The summed E-state index contributed by atoms with van der Waals surface area (Å²) in [5.74, 6) is -0.513. The number of esters is 1. The van der Waals surface area contributed by atoms with Gasteiger partial charge in [0.05, 0.1) is 10.7 Å². The van der Waals surface area contributed by atoms with Crippen LogP contribution in [0.25, 0.3) is 0 Å². The van der Waals surface area contributed by atoms with Gasteiger partial charge in [-0.2, -0.15) is 0 Å². The van der Waals surface area contributed by atoms with Gasteiger partial charge in [-0.15, -0.1) is 0 Å². The van der Waals surface area contributed by atoms with Crippen LogP contribution in [0.4, 0.5) is 0 Å². The van der Waals surface area contributed by atoms with Crippen LogP contribution >= 0.6 is 22.6 Å². The number of carbonyl (C=O) groups is 1. The minimum absolute atomic E-state index is 0.00699. The summed E-state index contributed by atoms with van der Waals surface area (Å²) in [7, 11) is 1.29. The van der Waals surface area contributed by atoms with Gasteiger partial charge in [0.2, 0.25) is 0 Å². The van der Waals surface area contributed by atoms with Crippen molar-refractivity contribution >= 4 is 28.6 Å². The van der Waals surface area contributed by atoms with E-state index >= 15 is 0 Å². The highest BCUT2D eigenvalue weighted by molar-refractivity contribution is 14.1. The SMILES string of the molecule is COC(=O)c1c(C)ccc(I)c1O. The van der Waals surface area contributed by atoms with Crippen LogP contribution in [-0.4, -0.2) is 18.2 Å². The van der Waals surface area contributed by atoms with Crippen molar-refractivity contribution in [3.63, 3.8) is 0 Å². The number of methoxy groups -OCH3 is 1. The van der Waals surface area contributed by atoms with Crippen LogP contribution in [0.15, 0.2) is 12.1 Å². The van der Waals surface area contributed by atoms with E-state index in [9.17, 15) is 9.90 Å². The lowest BCUT2D eigenvalue weighted by atomic mass is 10.1. The maximum absolute atomic E-state index is 11.2. The number of aryl methyl sites for hydroxylation is 1. The van der Waals surface area contributed by atoms with Gasteiger partial charge in [-0.25, -0.2) is 4.79 Å². The minimum Gasteiger partial charge on any atom is -0.506 e. The van der Waals surface area contributed by atoms with Crippen molar-refractivity contribution in [3.8, 4) is 5.75 Å². The highest BCUT2D eigenvalue weighted by atomic mass is 127. The summed E-state index contributed by atoms with van der Waals surface area (Å²) < 4.78 is 5.19. The van der Waals surface area contributed by atoms with Crippen LogP contribution in [-0.2, 0) is 4.74 Å². The Balaban J connectivity index is 3.33. The second kappa shape index (κ2) is 3.95. The van der Waals surface area contributed by atoms with Gasteiger partial charge in [0.1, 0.15) is 11.3 Å². The summed E-state index contributed by atoms with van der Waals surface area (Å²) in [6, 6.07) is 3.52. The molecular weight excluding hydrogens is 283 g/mol. The largest absolute Gasteiger partial charge is 0.506 e. The van der Waals surface area contributed by atoms with Crippen LogP contribution in [0.5, 0.6) is 5.75 Å². The van der Waals surface area contributed by atoms with E-state index in [1.807, 2.05) is 22.6 Å². The van der Waals surface area contributed by atoms with E-state index in [-0.39, 0.29) is 11.3 Å². The maximum atomic E-state index is 11.2. The van der Waals surface area contributed by atoms with Crippen molar-refractivity contribution in [2.45, 2.75) is 6.92 Å². The predicted octanol–water partition coefficient (Wildman–Crippen LogP) is 2.09. The first-order valence-corrected chi connectivity index (χ1v) is 4.72. The number of hydrogen-bond acceptors (Lipinski definition) is 3.